The molecule has 1 aromatic heterocycles. The highest BCUT2D eigenvalue weighted by molar-refractivity contribution is 6.74. The van der Waals surface area contributed by atoms with Crippen molar-refractivity contribution in [1.29, 1.82) is 0 Å². The standard InChI is InChI=1S/C30H39FN2O7Si/c1-29(2,3)39-28(38)33(16-18-9-10-21(27(36)37)22(31)15-18)17-24(40-41(7,8)30(4,5)6)19-11-13-23(34)26-20(19)12-14-25(35)32-26/h9-15,24,34H,16-17H2,1-8H3,(H,32,35)(H,36,37)/t24-/m0/s1. The second kappa shape index (κ2) is 11.7. The molecule has 0 saturated carbocycles. The molecule has 0 saturated heterocycles. The molecule has 41 heavy (non-hydrogen) atoms. The number of fused-ring (bicyclic) bond motifs is 1. The van der Waals surface area contributed by atoms with Gasteiger partial charge in [0.25, 0.3) is 0 Å². The molecule has 0 radical (unpaired) electrons. The van der Waals surface area contributed by atoms with E-state index < -0.39 is 43.5 Å². The zero-order chi connectivity index (χ0) is 30.9. The van der Waals surface area contributed by atoms with Gasteiger partial charge in [0.15, 0.2) is 8.32 Å². The smallest absolute Gasteiger partial charge is 0.410 e. The van der Waals surface area contributed by atoms with Crippen molar-refractivity contribution in [2.24, 2.45) is 0 Å². The van der Waals surface area contributed by atoms with Crippen LogP contribution in [0.3, 0.4) is 0 Å². The van der Waals surface area contributed by atoms with E-state index in [1.165, 1.54) is 23.1 Å². The van der Waals surface area contributed by atoms with Gasteiger partial charge < -0.3 is 29.3 Å². The molecule has 1 atom stereocenters. The van der Waals surface area contributed by atoms with Gasteiger partial charge in [-0.3, -0.25) is 4.79 Å². The van der Waals surface area contributed by atoms with Crippen LogP contribution in [0.15, 0.2) is 47.3 Å². The van der Waals surface area contributed by atoms with Crippen LogP contribution in [0.1, 0.15) is 69.1 Å². The lowest BCUT2D eigenvalue weighted by molar-refractivity contribution is 0.0137. The number of rotatable bonds is 8. The first-order valence-electron chi connectivity index (χ1n) is 13.3. The number of aromatic nitrogens is 1. The largest absolute Gasteiger partial charge is 0.506 e. The topological polar surface area (TPSA) is 129 Å². The van der Waals surface area contributed by atoms with Crippen LogP contribution < -0.4 is 5.56 Å². The lowest BCUT2D eigenvalue weighted by atomic mass is 10.0. The van der Waals surface area contributed by atoms with Crippen molar-refractivity contribution in [2.75, 3.05) is 6.54 Å². The van der Waals surface area contributed by atoms with E-state index in [9.17, 15) is 29.0 Å². The number of halogens is 1. The fourth-order valence-electron chi connectivity index (χ4n) is 4.05. The van der Waals surface area contributed by atoms with Gasteiger partial charge in [0.1, 0.15) is 17.2 Å². The number of amides is 1. The van der Waals surface area contributed by atoms with Gasteiger partial charge in [-0.2, -0.15) is 0 Å². The van der Waals surface area contributed by atoms with Gasteiger partial charge in [-0.05, 0) is 74.3 Å². The fourth-order valence-corrected chi connectivity index (χ4v) is 5.32. The molecule has 11 heteroatoms. The highest BCUT2D eigenvalue weighted by atomic mass is 28.4. The van der Waals surface area contributed by atoms with Gasteiger partial charge in [0.2, 0.25) is 5.56 Å². The Hall–Kier alpha value is -3.70. The number of phenols is 1. The Labute approximate surface area is 240 Å². The first-order valence-corrected chi connectivity index (χ1v) is 16.2. The minimum absolute atomic E-state index is 0.0112. The van der Waals surface area contributed by atoms with Crippen LogP contribution in [0.5, 0.6) is 5.75 Å². The summed E-state index contributed by atoms with van der Waals surface area (Å²) in [5.41, 5.74) is -0.428. The second-order valence-corrected chi connectivity index (χ2v) is 17.4. The summed E-state index contributed by atoms with van der Waals surface area (Å²) < 4.78 is 27.1. The monoisotopic (exact) mass is 586 g/mol. The summed E-state index contributed by atoms with van der Waals surface area (Å²) in [5, 5.41) is 20.1. The van der Waals surface area contributed by atoms with E-state index in [-0.39, 0.29) is 35.0 Å². The summed E-state index contributed by atoms with van der Waals surface area (Å²) in [6.07, 6.45) is -1.39. The van der Waals surface area contributed by atoms with Crippen LogP contribution in [-0.2, 0) is 15.7 Å². The van der Waals surface area contributed by atoms with Crippen LogP contribution in [0.4, 0.5) is 9.18 Å². The molecular weight excluding hydrogens is 547 g/mol. The number of nitrogens with zero attached hydrogens (tertiary/aromatic N) is 1. The van der Waals surface area contributed by atoms with Crippen LogP contribution in [0.25, 0.3) is 10.9 Å². The first kappa shape index (κ1) is 31.8. The van der Waals surface area contributed by atoms with Crippen molar-refractivity contribution < 1.29 is 33.4 Å². The van der Waals surface area contributed by atoms with E-state index in [4.69, 9.17) is 9.16 Å². The van der Waals surface area contributed by atoms with Crippen LogP contribution in [0, 0.1) is 5.82 Å². The van der Waals surface area contributed by atoms with Gasteiger partial charge in [-0.1, -0.05) is 32.9 Å². The maximum absolute atomic E-state index is 14.6. The quantitative estimate of drug-likeness (QED) is 0.255. The molecule has 1 heterocycles. The van der Waals surface area contributed by atoms with Crippen molar-refractivity contribution in [1.82, 2.24) is 9.88 Å². The van der Waals surface area contributed by atoms with Crippen molar-refractivity contribution in [3.8, 4) is 5.75 Å². The number of phenolic OH excluding ortho intramolecular Hbond substituents is 1. The summed E-state index contributed by atoms with van der Waals surface area (Å²) in [7, 11) is -2.47. The third-order valence-corrected chi connectivity index (χ3v) is 11.7. The number of pyridine rings is 1. The SMILES string of the molecule is CC(C)(C)OC(=O)N(Cc1ccc(C(=O)O)c(F)c1)C[C@H](O[Si](C)(C)C(C)(C)C)c1ccc(O)c2[nH]c(=O)ccc12. The number of ether oxygens (including phenoxy) is 1. The van der Waals surface area contributed by atoms with E-state index in [2.05, 4.69) is 38.8 Å². The Kier molecular flexibility index (Phi) is 9.04. The highest BCUT2D eigenvalue weighted by Crippen LogP contribution is 2.41. The summed E-state index contributed by atoms with van der Waals surface area (Å²) in [6.45, 7) is 15.5. The summed E-state index contributed by atoms with van der Waals surface area (Å²) in [5.74, 6) is -2.41. The lowest BCUT2D eigenvalue weighted by Gasteiger charge is -2.41. The molecule has 3 N–H and O–H groups in total. The van der Waals surface area contributed by atoms with Crippen molar-refractivity contribution >= 4 is 31.3 Å². The van der Waals surface area contributed by atoms with E-state index in [1.807, 2.05) is 0 Å². The summed E-state index contributed by atoms with van der Waals surface area (Å²) >= 11 is 0. The molecule has 1 amide bonds. The minimum atomic E-state index is -2.47. The van der Waals surface area contributed by atoms with Crippen molar-refractivity contribution in [3.05, 3.63) is 75.3 Å². The molecule has 3 rings (SSSR count). The molecule has 0 spiro atoms. The molecule has 3 aromatic rings. The lowest BCUT2D eigenvalue weighted by Crippen LogP contribution is -2.45. The average molecular weight is 587 g/mol. The Morgan fingerprint density at radius 1 is 1.05 bits per heavy atom. The number of aromatic hydroxyl groups is 1. The number of carboxylic acid groups (broad SMARTS) is 1. The van der Waals surface area contributed by atoms with E-state index in [0.717, 1.165) is 12.1 Å². The maximum atomic E-state index is 14.6. The third-order valence-electron chi connectivity index (χ3n) is 7.17. The highest BCUT2D eigenvalue weighted by Gasteiger charge is 2.41. The molecule has 0 unspecified atom stereocenters. The average Bonchev–Trinajstić information content (AvgIpc) is 2.81. The molecular formula is C30H39FN2O7Si. The predicted octanol–water partition coefficient (Wildman–Crippen LogP) is 6.57. The number of benzene rings is 2. The Morgan fingerprint density at radius 2 is 1.71 bits per heavy atom. The third kappa shape index (κ3) is 7.73. The molecule has 9 nitrogen and oxygen atoms in total. The van der Waals surface area contributed by atoms with Crippen LogP contribution in [0.2, 0.25) is 18.1 Å². The van der Waals surface area contributed by atoms with E-state index in [1.54, 1.807) is 32.9 Å². The van der Waals surface area contributed by atoms with Crippen LogP contribution in [-0.4, -0.2) is 52.6 Å². The normalized spacial score (nSPS) is 13.2. The molecule has 2 aromatic carbocycles. The number of carbonyl (C=O) groups excluding carboxylic acids is 1. The van der Waals surface area contributed by atoms with Crippen LogP contribution >= 0.6 is 0 Å². The Bertz CT molecular complexity index is 1510. The molecule has 0 fully saturated rings. The number of aromatic amines is 1. The van der Waals surface area contributed by atoms with Crippen molar-refractivity contribution in [3.63, 3.8) is 0 Å². The molecule has 0 aliphatic carbocycles. The molecule has 0 bridgehead atoms. The predicted molar refractivity (Wildman–Crippen MR) is 157 cm³/mol. The first-order chi connectivity index (χ1) is 18.8. The molecule has 0 aliphatic rings. The molecule has 222 valence electrons. The summed E-state index contributed by atoms with van der Waals surface area (Å²) in [4.78, 5) is 40.9. The molecule has 0 aliphatic heterocycles. The van der Waals surface area contributed by atoms with E-state index >= 15 is 0 Å². The Balaban J connectivity index is 2.15. The van der Waals surface area contributed by atoms with Gasteiger partial charge in [-0.15, -0.1) is 0 Å². The van der Waals surface area contributed by atoms with E-state index in [0.29, 0.717) is 16.5 Å². The van der Waals surface area contributed by atoms with Crippen molar-refractivity contribution in [2.45, 2.75) is 77.9 Å². The van der Waals surface area contributed by atoms with Gasteiger partial charge in [0.05, 0.1) is 23.7 Å². The number of aromatic carboxylic acids is 1. The van der Waals surface area contributed by atoms with Gasteiger partial charge >= 0.3 is 12.1 Å². The zero-order valence-corrected chi connectivity index (χ0v) is 25.8. The number of hydrogen-bond donors (Lipinski definition) is 3. The maximum Gasteiger partial charge on any atom is 0.410 e. The second-order valence-electron chi connectivity index (χ2n) is 12.6. The number of carbonyl (C=O) groups is 2. The number of carboxylic acids is 1. The van der Waals surface area contributed by atoms with Gasteiger partial charge in [0, 0.05) is 18.0 Å². The number of H-pyrrole nitrogens is 1. The summed E-state index contributed by atoms with van der Waals surface area (Å²) in [6, 6.07) is 9.82. The number of hydrogen-bond acceptors (Lipinski definition) is 6. The number of nitrogens with one attached hydrogen (secondary N) is 1. The zero-order valence-electron chi connectivity index (χ0n) is 24.8. The fraction of sp³-hybridized carbons (Fsp3) is 0.433. The Morgan fingerprint density at radius 3 is 2.27 bits per heavy atom. The minimum Gasteiger partial charge on any atom is -0.506 e. The van der Waals surface area contributed by atoms with Gasteiger partial charge in [-0.25, -0.2) is 14.0 Å².